The summed E-state index contributed by atoms with van der Waals surface area (Å²) in [6, 6.07) is 5.67. The van der Waals surface area contributed by atoms with Crippen LogP contribution in [-0.4, -0.2) is 21.5 Å². The monoisotopic (exact) mass is 340 g/mol. The number of nitrogens with zero attached hydrogens (tertiary/aromatic N) is 2. The summed E-state index contributed by atoms with van der Waals surface area (Å²) >= 11 is 3.41. The highest BCUT2D eigenvalue weighted by Gasteiger charge is 2.21. The number of benzene rings is 1. The number of aryl methyl sites for hydroxylation is 1. The lowest BCUT2D eigenvalue weighted by Crippen LogP contribution is -2.27. The van der Waals surface area contributed by atoms with Crippen molar-refractivity contribution in [2.75, 3.05) is 0 Å². The maximum absolute atomic E-state index is 12.0. The Bertz CT molecular complexity index is 612. The molecule has 0 aliphatic carbocycles. The summed E-state index contributed by atoms with van der Waals surface area (Å²) in [6.07, 6.45) is -0.456. The van der Waals surface area contributed by atoms with Crippen molar-refractivity contribution in [1.82, 2.24) is 9.78 Å². The lowest BCUT2D eigenvalue weighted by atomic mass is 10.2. The molecule has 0 spiro atoms. The van der Waals surface area contributed by atoms with Gasteiger partial charge in [0.15, 0.2) is 0 Å². The molecule has 4 nitrogen and oxygen atoms in total. The van der Waals surface area contributed by atoms with Crippen molar-refractivity contribution in [3.63, 3.8) is 0 Å². The Morgan fingerprint density at radius 2 is 1.90 bits per heavy atom. The van der Waals surface area contributed by atoms with Gasteiger partial charge in [0.2, 0.25) is 0 Å². The van der Waals surface area contributed by atoms with Crippen molar-refractivity contribution in [2.45, 2.75) is 47.1 Å². The molecule has 1 heterocycles. The van der Waals surface area contributed by atoms with E-state index < -0.39 is 11.7 Å². The Labute approximate surface area is 128 Å². The molecule has 0 atom stereocenters. The third-order valence-corrected chi connectivity index (χ3v) is 2.89. The molecule has 2 rings (SSSR count). The zero-order chi connectivity index (χ0) is 15.5. The van der Waals surface area contributed by atoms with E-state index in [0.29, 0.717) is 0 Å². The van der Waals surface area contributed by atoms with E-state index in [1.54, 1.807) is 0 Å². The molecular formula is C15H21BrN2O2. The number of fused-ring (bicyclic) bond motifs is 1. The first-order chi connectivity index (χ1) is 9.28. The van der Waals surface area contributed by atoms with E-state index in [9.17, 15) is 4.79 Å². The number of carbonyl (C=O) groups is 1. The van der Waals surface area contributed by atoms with Crippen molar-refractivity contribution in [1.29, 1.82) is 0 Å². The van der Waals surface area contributed by atoms with Gasteiger partial charge in [0.05, 0.1) is 11.2 Å². The highest BCUT2D eigenvalue weighted by molar-refractivity contribution is 9.10. The van der Waals surface area contributed by atoms with Crippen LogP contribution in [0.3, 0.4) is 0 Å². The summed E-state index contributed by atoms with van der Waals surface area (Å²) in [5.41, 5.74) is 1.03. The van der Waals surface area contributed by atoms with Crippen LogP contribution in [0.1, 0.15) is 40.3 Å². The van der Waals surface area contributed by atoms with E-state index in [1.807, 2.05) is 59.7 Å². The summed E-state index contributed by atoms with van der Waals surface area (Å²) in [5, 5.41) is 5.18. The maximum atomic E-state index is 12.0. The molecule has 0 saturated carbocycles. The first kappa shape index (κ1) is 16.7. The summed E-state index contributed by atoms with van der Waals surface area (Å²) in [4.78, 5) is 12.0. The molecule has 0 saturated heterocycles. The van der Waals surface area contributed by atoms with Crippen molar-refractivity contribution >= 4 is 32.9 Å². The molecule has 0 aliphatic rings. The normalized spacial score (nSPS) is 10.9. The molecule has 5 heteroatoms. The van der Waals surface area contributed by atoms with Crippen LogP contribution in [0.5, 0.6) is 0 Å². The molecule has 110 valence electrons. The molecule has 2 aromatic rings. The minimum atomic E-state index is -0.529. The van der Waals surface area contributed by atoms with Gasteiger partial charge in [-0.05, 0) is 45.9 Å². The number of aromatic nitrogens is 2. The van der Waals surface area contributed by atoms with Gasteiger partial charge in [-0.3, -0.25) is 0 Å². The van der Waals surface area contributed by atoms with E-state index in [2.05, 4.69) is 21.0 Å². The van der Waals surface area contributed by atoms with E-state index in [4.69, 9.17) is 4.74 Å². The third-order valence-electron chi connectivity index (χ3n) is 2.39. The summed E-state index contributed by atoms with van der Waals surface area (Å²) < 4.78 is 7.59. The second-order valence-electron chi connectivity index (χ2n) is 5.14. The fourth-order valence-electron chi connectivity index (χ4n) is 1.68. The quantitative estimate of drug-likeness (QED) is 0.683. The lowest BCUT2D eigenvalue weighted by molar-refractivity contribution is 0.0522. The standard InChI is InChI=1S/C13H15BrN2O2.C2H6/c1-8-10-7-9(14)5-6-11(10)16(15-8)12(17)18-13(2,3)4;1-2/h5-7H,1-4H3;1-2H3. The number of carbonyl (C=O) groups excluding carboxylic acids is 1. The van der Waals surface area contributed by atoms with Gasteiger partial charge in [-0.2, -0.15) is 9.78 Å². The lowest BCUT2D eigenvalue weighted by Gasteiger charge is -2.19. The number of rotatable bonds is 0. The van der Waals surface area contributed by atoms with E-state index in [-0.39, 0.29) is 0 Å². The SMILES string of the molecule is CC.Cc1nn(C(=O)OC(C)(C)C)c2ccc(Br)cc12. The molecule has 0 N–H and O–H groups in total. The fraction of sp³-hybridized carbons (Fsp3) is 0.467. The molecule has 0 radical (unpaired) electrons. The van der Waals surface area contributed by atoms with E-state index in [0.717, 1.165) is 21.1 Å². The fourth-order valence-corrected chi connectivity index (χ4v) is 2.05. The van der Waals surface area contributed by atoms with Crippen LogP contribution < -0.4 is 0 Å². The Balaban J connectivity index is 0.000000956. The second-order valence-corrected chi connectivity index (χ2v) is 6.05. The van der Waals surface area contributed by atoms with Crippen LogP contribution in [0.2, 0.25) is 0 Å². The Morgan fingerprint density at radius 1 is 1.30 bits per heavy atom. The van der Waals surface area contributed by atoms with Gasteiger partial charge in [0, 0.05) is 9.86 Å². The van der Waals surface area contributed by atoms with Crippen molar-refractivity contribution in [3.05, 3.63) is 28.4 Å². The summed E-state index contributed by atoms with van der Waals surface area (Å²) in [6.45, 7) is 11.4. The van der Waals surface area contributed by atoms with Crippen LogP contribution in [0.25, 0.3) is 10.9 Å². The first-order valence-electron chi connectivity index (χ1n) is 6.66. The van der Waals surface area contributed by atoms with Gasteiger partial charge in [0.1, 0.15) is 5.60 Å². The molecule has 0 fully saturated rings. The highest BCUT2D eigenvalue weighted by atomic mass is 79.9. The van der Waals surface area contributed by atoms with E-state index >= 15 is 0 Å². The zero-order valence-electron chi connectivity index (χ0n) is 12.8. The van der Waals surface area contributed by atoms with Gasteiger partial charge in [-0.15, -0.1) is 0 Å². The molecule has 1 aromatic carbocycles. The van der Waals surface area contributed by atoms with Gasteiger partial charge in [-0.1, -0.05) is 29.8 Å². The average Bonchev–Trinajstić information content (AvgIpc) is 2.67. The molecule has 0 amide bonds. The average molecular weight is 341 g/mol. The Kier molecular flexibility index (Phi) is 5.34. The minimum absolute atomic E-state index is 0.456. The van der Waals surface area contributed by atoms with Crippen LogP contribution in [0, 0.1) is 6.92 Å². The number of halogens is 1. The van der Waals surface area contributed by atoms with E-state index in [1.165, 1.54) is 4.68 Å². The van der Waals surface area contributed by atoms with Crippen LogP contribution in [-0.2, 0) is 4.74 Å². The van der Waals surface area contributed by atoms with Crippen LogP contribution in [0.4, 0.5) is 4.79 Å². The molecule has 0 unspecified atom stereocenters. The van der Waals surface area contributed by atoms with Crippen molar-refractivity contribution < 1.29 is 9.53 Å². The highest BCUT2D eigenvalue weighted by Crippen LogP contribution is 2.23. The van der Waals surface area contributed by atoms with Crippen LogP contribution in [0.15, 0.2) is 22.7 Å². The largest absolute Gasteiger partial charge is 0.442 e. The first-order valence-corrected chi connectivity index (χ1v) is 7.45. The zero-order valence-corrected chi connectivity index (χ0v) is 14.4. The third kappa shape index (κ3) is 3.82. The van der Waals surface area contributed by atoms with Crippen molar-refractivity contribution in [2.24, 2.45) is 0 Å². The topological polar surface area (TPSA) is 44.1 Å². The molecular weight excluding hydrogens is 320 g/mol. The second kappa shape index (κ2) is 6.39. The van der Waals surface area contributed by atoms with Gasteiger partial charge in [-0.25, -0.2) is 4.79 Å². The predicted molar refractivity (Wildman–Crippen MR) is 85.2 cm³/mol. The number of ether oxygens (including phenoxy) is 1. The predicted octanol–water partition coefficient (Wildman–Crippen LogP) is 4.92. The molecule has 0 bridgehead atoms. The number of hydrogen-bond acceptors (Lipinski definition) is 3. The smallest absolute Gasteiger partial charge is 0.435 e. The van der Waals surface area contributed by atoms with Crippen molar-refractivity contribution in [3.8, 4) is 0 Å². The van der Waals surface area contributed by atoms with Gasteiger partial charge < -0.3 is 4.74 Å². The summed E-state index contributed by atoms with van der Waals surface area (Å²) in [7, 11) is 0. The maximum Gasteiger partial charge on any atom is 0.435 e. The minimum Gasteiger partial charge on any atom is -0.442 e. The Morgan fingerprint density at radius 3 is 2.45 bits per heavy atom. The molecule has 20 heavy (non-hydrogen) atoms. The number of hydrogen-bond donors (Lipinski definition) is 0. The molecule has 1 aromatic heterocycles. The van der Waals surface area contributed by atoms with Gasteiger partial charge in [0.25, 0.3) is 0 Å². The Hall–Kier alpha value is -1.36. The summed E-state index contributed by atoms with van der Waals surface area (Å²) in [5.74, 6) is 0. The van der Waals surface area contributed by atoms with Crippen LogP contribution >= 0.6 is 15.9 Å². The van der Waals surface area contributed by atoms with Gasteiger partial charge >= 0.3 is 6.09 Å². The molecule has 0 aliphatic heterocycles.